The van der Waals surface area contributed by atoms with Gasteiger partial charge >= 0.3 is 0 Å². The Morgan fingerprint density at radius 3 is 2.94 bits per heavy atom. The van der Waals surface area contributed by atoms with Crippen LogP contribution in [0.1, 0.15) is 24.6 Å². The van der Waals surface area contributed by atoms with Gasteiger partial charge in [-0.25, -0.2) is 9.97 Å². The largest absolute Gasteiger partial charge is 0.379 e. The smallest absolute Gasteiger partial charge is 0.225 e. The molecule has 0 amide bonds. The van der Waals surface area contributed by atoms with Gasteiger partial charge in [-0.3, -0.25) is 0 Å². The minimum absolute atomic E-state index is 0.260. The van der Waals surface area contributed by atoms with Gasteiger partial charge in [0, 0.05) is 37.7 Å². The van der Waals surface area contributed by atoms with Gasteiger partial charge in [0.15, 0.2) is 0 Å². The number of methoxy groups -OCH3 is 1. The summed E-state index contributed by atoms with van der Waals surface area (Å²) >= 11 is 5.82. The van der Waals surface area contributed by atoms with E-state index in [1.165, 1.54) is 0 Å². The van der Waals surface area contributed by atoms with Crippen molar-refractivity contribution < 1.29 is 4.74 Å². The predicted molar refractivity (Wildman–Crippen MR) is 73.1 cm³/mol. The third kappa shape index (κ3) is 2.75. The predicted octanol–water partition coefficient (Wildman–Crippen LogP) is 2.39. The van der Waals surface area contributed by atoms with Crippen molar-refractivity contribution in [3.05, 3.63) is 17.5 Å². The van der Waals surface area contributed by atoms with Gasteiger partial charge in [0.1, 0.15) is 0 Å². The zero-order valence-corrected chi connectivity index (χ0v) is 11.9. The quantitative estimate of drug-likeness (QED) is 0.790. The van der Waals surface area contributed by atoms with E-state index >= 15 is 0 Å². The van der Waals surface area contributed by atoms with Crippen molar-refractivity contribution >= 4 is 17.5 Å². The van der Waals surface area contributed by atoms with Gasteiger partial charge in [-0.05, 0) is 19.3 Å². The third-order valence-electron chi connectivity index (χ3n) is 3.69. The highest BCUT2D eigenvalue weighted by Gasteiger charge is 2.27. The molecule has 2 atom stereocenters. The molecule has 4 nitrogen and oxygen atoms in total. The van der Waals surface area contributed by atoms with Crippen LogP contribution in [0.4, 0.5) is 5.95 Å². The lowest BCUT2D eigenvalue weighted by Gasteiger charge is -2.36. The number of aromatic nitrogens is 2. The van der Waals surface area contributed by atoms with E-state index in [9.17, 15) is 0 Å². The molecule has 0 radical (unpaired) electrons. The Balaban J connectivity index is 2.14. The molecule has 0 N–H and O–H groups in total. The van der Waals surface area contributed by atoms with Crippen molar-refractivity contribution in [2.45, 2.75) is 32.3 Å². The minimum Gasteiger partial charge on any atom is -0.379 e. The van der Waals surface area contributed by atoms with Gasteiger partial charge in [-0.15, -0.1) is 11.6 Å². The summed E-state index contributed by atoms with van der Waals surface area (Å²) in [5, 5.41) is 0. The second-order valence-electron chi connectivity index (χ2n) is 4.90. The fraction of sp³-hybridized carbons (Fsp3) is 0.692. The summed E-state index contributed by atoms with van der Waals surface area (Å²) in [5.74, 6) is 1.84. The number of ether oxygens (including phenoxy) is 1. The van der Waals surface area contributed by atoms with E-state index < -0.39 is 0 Å². The topological polar surface area (TPSA) is 38.2 Å². The van der Waals surface area contributed by atoms with Gasteiger partial charge in [0.25, 0.3) is 0 Å². The molecule has 1 aromatic rings. The van der Waals surface area contributed by atoms with E-state index in [0.29, 0.717) is 11.8 Å². The first-order valence-electron chi connectivity index (χ1n) is 6.32. The summed E-state index contributed by atoms with van der Waals surface area (Å²) in [4.78, 5) is 11.1. The number of anilines is 1. The molecule has 0 aliphatic carbocycles. The van der Waals surface area contributed by atoms with Gasteiger partial charge in [0.05, 0.1) is 12.0 Å². The molecule has 1 aliphatic heterocycles. The highest BCUT2D eigenvalue weighted by Crippen LogP contribution is 2.23. The minimum atomic E-state index is 0.260. The summed E-state index contributed by atoms with van der Waals surface area (Å²) in [6.07, 6.45) is 3.19. The summed E-state index contributed by atoms with van der Waals surface area (Å²) < 4.78 is 5.51. The molecular weight excluding hydrogens is 250 g/mol. The van der Waals surface area contributed by atoms with Crippen LogP contribution in [0.3, 0.4) is 0 Å². The Bertz CT molecular complexity index is 413. The van der Waals surface area contributed by atoms with Crippen LogP contribution in [0.25, 0.3) is 0 Å². The van der Waals surface area contributed by atoms with Crippen LogP contribution in [0, 0.1) is 12.8 Å². The highest BCUT2D eigenvalue weighted by molar-refractivity contribution is 6.17. The summed E-state index contributed by atoms with van der Waals surface area (Å²) in [6, 6.07) is 0. The van der Waals surface area contributed by atoms with Crippen LogP contribution >= 0.6 is 11.6 Å². The van der Waals surface area contributed by atoms with E-state index in [2.05, 4.69) is 21.8 Å². The van der Waals surface area contributed by atoms with Crippen LogP contribution in [-0.2, 0) is 10.6 Å². The molecule has 0 aromatic carbocycles. The van der Waals surface area contributed by atoms with Crippen LogP contribution in [0.2, 0.25) is 0 Å². The summed E-state index contributed by atoms with van der Waals surface area (Å²) in [6.45, 7) is 6.05. The first-order valence-corrected chi connectivity index (χ1v) is 6.85. The second-order valence-corrected chi connectivity index (χ2v) is 5.17. The molecule has 1 aliphatic rings. The Kier molecular flexibility index (Phi) is 4.40. The molecule has 5 heteroatoms. The van der Waals surface area contributed by atoms with Gasteiger partial charge in [-0.1, -0.05) is 6.92 Å². The number of piperidine rings is 1. The first-order chi connectivity index (χ1) is 8.65. The second kappa shape index (κ2) is 5.85. The molecule has 0 spiro atoms. The van der Waals surface area contributed by atoms with E-state index in [1.807, 2.05) is 13.1 Å². The average Bonchev–Trinajstić information content (AvgIpc) is 2.39. The number of hydrogen-bond acceptors (Lipinski definition) is 4. The van der Waals surface area contributed by atoms with Crippen molar-refractivity contribution in [2.75, 3.05) is 25.1 Å². The third-order valence-corrected chi connectivity index (χ3v) is 3.98. The molecule has 0 saturated carbocycles. The average molecular weight is 270 g/mol. The number of aryl methyl sites for hydroxylation is 1. The summed E-state index contributed by atoms with van der Waals surface area (Å²) in [5.41, 5.74) is 1.96. The fourth-order valence-electron chi connectivity index (χ4n) is 2.29. The molecule has 1 aromatic heterocycles. The molecular formula is C13H20ClN3O. The normalized spacial score (nSPS) is 24.3. The maximum absolute atomic E-state index is 5.82. The van der Waals surface area contributed by atoms with E-state index in [4.69, 9.17) is 16.3 Å². The number of rotatable bonds is 3. The standard InChI is InChI=1S/C13H20ClN3O/c1-9-4-5-17(8-12(9)18-3)13-15-7-11(6-14)10(2)16-13/h7,9,12H,4-6,8H2,1-3H3. The van der Waals surface area contributed by atoms with Crippen LogP contribution < -0.4 is 4.90 Å². The highest BCUT2D eigenvalue weighted by atomic mass is 35.5. The number of hydrogen-bond donors (Lipinski definition) is 0. The van der Waals surface area contributed by atoms with Crippen molar-refractivity contribution in [3.63, 3.8) is 0 Å². The Morgan fingerprint density at radius 2 is 2.33 bits per heavy atom. The number of nitrogens with zero attached hydrogens (tertiary/aromatic N) is 3. The van der Waals surface area contributed by atoms with Gasteiger partial charge in [-0.2, -0.15) is 0 Å². The lowest BCUT2D eigenvalue weighted by atomic mass is 9.96. The van der Waals surface area contributed by atoms with Gasteiger partial charge < -0.3 is 9.64 Å². The molecule has 1 fully saturated rings. The molecule has 1 saturated heterocycles. The SMILES string of the molecule is COC1CN(c2ncc(CCl)c(C)n2)CCC1C. The van der Waals surface area contributed by atoms with E-state index in [1.54, 1.807) is 7.11 Å². The maximum atomic E-state index is 5.82. The zero-order chi connectivity index (χ0) is 13.1. The number of halogens is 1. The van der Waals surface area contributed by atoms with Crippen molar-refractivity contribution in [1.29, 1.82) is 0 Å². The Morgan fingerprint density at radius 1 is 1.56 bits per heavy atom. The maximum Gasteiger partial charge on any atom is 0.225 e. The van der Waals surface area contributed by atoms with Crippen molar-refractivity contribution in [1.82, 2.24) is 9.97 Å². The zero-order valence-electron chi connectivity index (χ0n) is 11.2. The van der Waals surface area contributed by atoms with E-state index in [-0.39, 0.29) is 6.10 Å². The van der Waals surface area contributed by atoms with Crippen LogP contribution in [0.15, 0.2) is 6.20 Å². The molecule has 2 unspecified atom stereocenters. The first kappa shape index (κ1) is 13.6. The van der Waals surface area contributed by atoms with Crippen LogP contribution in [0.5, 0.6) is 0 Å². The van der Waals surface area contributed by atoms with Crippen molar-refractivity contribution in [2.24, 2.45) is 5.92 Å². The molecule has 100 valence electrons. The lowest BCUT2D eigenvalue weighted by Crippen LogP contribution is -2.44. The number of alkyl halides is 1. The molecule has 2 rings (SSSR count). The molecule has 0 bridgehead atoms. The summed E-state index contributed by atoms with van der Waals surface area (Å²) in [7, 11) is 1.77. The Labute approximate surface area is 113 Å². The fourth-order valence-corrected chi connectivity index (χ4v) is 2.55. The van der Waals surface area contributed by atoms with E-state index in [0.717, 1.165) is 36.7 Å². The van der Waals surface area contributed by atoms with Crippen LogP contribution in [-0.4, -0.2) is 36.3 Å². The molecule has 18 heavy (non-hydrogen) atoms. The lowest BCUT2D eigenvalue weighted by molar-refractivity contribution is 0.0494. The van der Waals surface area contributed by atoms with Gasteiger partial charge in [0.2, 0.25) is 5.95 Å². The molecule has 2 heterocycles. The monoisotopic (exact) mass is 269 g/mol. The Hall–Kier alpha value is -0.870. The van der Waals surface area contributed by atoms with Crippen molar-refractivity contribution in [3.8, 4) is 0 Å².